The van der Waals surface area contributed by atoms with E-state index in [0.717, 1.165) is 0 Å². The molecular formula is C6H11Cl3N3+. The summed E-state index contributed by atoms with van der Waals surface area (Å²) in [6.45, 7) is 4.84. The quantitative estimate of drug-likeness (QED) is 0.332. The van der Waals surface area contributed by atoms with Crippen molar-refractivity contribution >= 4 is 34.8 Å². The summed E-state index contributed by atoms with van der Waals surface area (Å²) < 4.78 is -0.0828. The van der Waals surface area contributed by atoms with Gasteiger partial charge in [0.05, 0.1) is 0 Å². The Morgan fingerprint density at radius 1 is 1.25 bits per heavy atom. The molecule has 0 saturated heterocycles. The van der Waals surface area contributed by atoms with Crippen molar-refractivity contribution in [3.63, 3.8) is 0 Å². The Hall–Kier alpha value is 0.170. The van der Waals surface area contributed by atoms with Crippen LogP contribution in [0.4, 0.5) is 0 Å². The maximum atomic E-state index is 6.99. The van der Waals surface area contributed by atoms with Crippen LogP contribution in [-0.4, -0.2) is 17.7 Å². The van der Waals surface area contributed by atoms with Crippen molar-refractivity contribution in [3.05, 3.63) is 9.65 Å². The van der Waals surface area contributed by atoms with Crippen LogP contribution in [-0.2, 0) is 0 Å². The lowest BCUT2D eigenvalue weighted by atomic mass is 10.5. The van der Waals surface area contributed by atoms with Gasteiger partial charge in [-0.25, -0.2) is 0 Å². The van der Waals surface area contributed by atoms with Gasteiger partial charge in [-0.05, 0) is 25.4 Å². The van der Waals surface area contributed by atoms with Crippen LogP contribution in [0.2, 0.25) is 0 Å². The second kappa shape index (κ2) is 5.02. The Bertz CT molecular complexity index is 194. The molecule has 1 N–H and O–H groups in total. The fourth-order valence-corrected chi connectivity index (χ4v) is 1.44. The van der Waals surface area contributed by atoms with E-state index >= 15 is 0 Å². The minimum absolute atomic E-state index is 0.0311. The van der Waals surface area contributed by atoms with Gasteiger partial charge in [0, 0.05) is 5.22 Å². The molecule has 0 amide bonds. The summed E-state index contributed by atoms with van der Waals surface area (Å²) in [4.78, 5) is 0. The van der Waals surface area contributed by atoms with E-state index in [4.69, 9.17) is 40.3 Å². The minimum Gasteiger partial charge on any atom is -0.154 e. The topological polar surface area (TPSA) is 36.2 Å². The summed E-state index contributed by atoms with van der Waals surface area (Å²) in [6.07, 6.45) is 0. The molecule has 0 fully saturated rings. The molecule has 0 spiro atoms. The highest BCUT2D eigenvalue weighted by molar-refractivity contribution is 6.59. The van der Waals surface area contributed by atoms with Crippen LogP contribution in [0.5, 0.6) is 0 Å². The van der Waals surface area contributed by atoms with Crippen LogP contribution in [0.1, 0.15) is 13.8 Å². The standard InChI is InChI=1S/C6H11Cl3N3/c1-3-12(4-2,11-10)6(9)5(7)8/h10H,3-4H2,1-2H3/q+1. The van der Waals surface area contributed by atoms with Gasteiger partial charge in [0.15, 0.2) is 4.49 Å². The third kappa shape index (κ3) is 2.33. The second-order valence-electron chi connectivity index (χ2n) is 2.21. The van der Waals surface area contributed by atoms with Crippen LogP contribution in [0.15, 0.2) is 14.9 Å². The molecule has 0 aliphatic rings. The number of nitrogens with one attached hydrogen (secondary N) is 1. The molecule has 0 saturated carbocycles. The lowest BCUT2D eigenvalue weighted by molar-refractivity contribution is -0.895. The van der Waals surface area contributed by atoms with Gasteiger partial charge in [-0.2, -0.15) is 5.53 Å². The van der Waals surface area contributed by atoms with Gasteiger partial charge in [-0.3, -0.25) is 0 Å². The molecule has 0 unspecified atom stereocenters. The molecule has 0 aliphatic heterocycles. The first kappa shape index (κ1) is 12.2. The summed E-state index contributed by atoms with van der Waals surface area (Å²) in [7, 11) is 0. The van der Waals surface area contributed by atoms with Gasteiger partial charge >= 0.3 is 0 Å². The van der Waals surface area contributed by atoms with Gasteiger partial charge in [-0.1, -0.05) is 23.2 Å². The van der Waals surface area contributed by atoms with Gasteiger partial charge in [-0.15, -0.1) is 4.59 Å². The highest BCUT2D eigenvalue weighted by atomic mass is 35.5. The van der Waals surface area contributed by atoms with Crippen molar-refractivity contribution in [2.24, 2.45) is 5.22 Å². The van der Waals surface area contributed by atoms with E-state index in [2.05, 4.69) is 5.22 Å². The number of rotatable bonds is 4. The van der Waals surface area contributed by atoms with Gasteiger partial charge in [0.25, 0.3) is 5.16 Å². The zero-order chi connectivity index (χ0) is 9.78. The van der Waals surface area contributed by atoms with E-state index in [1.165, 1.54) is 0 Å². The van der Waals surface area contributed by atoms with Crippen molar-refractivity contribution in [2.45, 2.75) is 13.8 Å². The van der Waals surface area contributed by atoms with E-state index in [9.17, 15) is 0 Å². The summed E-state index contributed by atoms with van der Waals surface area (Å²) in [6, 6.07) is 0. The lowest BCUT2D eigenvalue weighted by Gasteiger charge is -2.25. The van der Waals surface area contributed by atoms with Crippen molar-refractivity contribution in [2.75, 3.05) is 13.1 Å². The van der Waals surface area contributed by atoms with Crippen molar-refractivity contribution < 1.29 is 4.59 Å². The fraction of sp³-hybridized carbons (Fsp3) is 0.667. The predicted molar refractivity (Wildman–Crippen MR) is 51.1 cm³/mol. The zero-order valence-corrected chi connectivity index (χ0v) is 9.21. The molecule has 0 aromatic heterocycles. The first-order valence-electron chi connectivity index (χ1n) is 3.51. The first-order valence-corrected chi connectivity index (χ1v) is 4.64. The van der Waals surface area contributed by atoms with Crippen molar-refractivity contribution in [1.29, 1.82) is 5.53 Å². The van der Waals surface area contributed by atoms with Crippen LogP contribution in [0, 0.1) is 5.53 Å². The summed E-state index contributed by atoms with van der Waals surface area (Å²) in [5.41, 5.74) is 6.99. The average molecular weight is 232 g/mol. The first-order chi connectivity index (χ1) is 5.54. The molecule has 0 aromatic rings. The fourth-order valence-electron chi connectivity index (χ4n) is 0.844. The van der Waals surface area contributed by atoms with Gasteiger partial charge in [0.1, 0.15) is 13.1 Å². The SMILES string of the molecule is CC[N+](CC)(N=N)C(Cl)=C(Cl)Cl. The van der Waals surface area contributed by atoms with Crippen LogP contribution in [0.3, 0.4) is 0 Å². The summed E-state index contributed by atoms with van der Waals surface area (Å²) in [5, 5.41) is 3.60. The second-order valence-corrected chi connectivity index (χ2v) is 3.51. The molecule has 0 atom stereocenters. The average Bonchev–Trinajstić information content (AvgIpc) is 2.08. The van der Waals surface area contributed by atoms with Gasteiger partial charge in [0.2, 0.25) is 0 Å². The third-order valence-corrected chi connectivity index (χ3v) is 2.81. The molecule has 12 heavy (non-hydrogen) atoms. The Kier molecular flexibility index (Phi) is 5.09. The largest absolute Gasteiger partial charge is 0.260 e. The van der Waals surface area contributed by atoms with E-state index in [-0.39, 0.29) is 14.2 Å². The Morgan fingerprint density at radius 3 is 1.75 bits per heavy atom. The highest BCUT2D eigenvalue weighted by Crippen LogP contribution is 2.29. The van der Waals surface area contributed by atoms with E-state index in [0.29, 0.717) is 13.1 Å². The normalized spacial score (nSPS) is 11.1. The summed E-state index contributed by atoms with van der Waals surface area (Å²) in [5.74, 6) is 0. The molecule has 0 aliphatic carbocycles. The van der Waals surface area contributed by atoms with Crippen molar-refractivity contribution in [3.8, 4) is 0 Å². The molecule has 70 valence electrons. The van der Waals surface area contributed by atoms with Crippen LogP contribution < -0.4 is 0 Å². The number of nitrogens with zero attached hydrogens (tertiary/aromatic N) is 2. The zero-order valence-electron chi connectivity index (χ0n) is 6.94. The number of halogens is 3. The molecule has 0 rings (SSSR count). The molecule has 0 heterocycles. The van der Waals surface area contributed by atoms with E-state index < -0.39 is 0 Å². The highest BCUT2D eigenvalue weighted by Gasteiger charge is 2.31. The smallest absolute Gasteiger partial charge is 0.154 e. The molecule has 0 aromatic carbocycles. The van der Waals surface area contributed by atoms with Crippen LogP contribution in [0.25, 0.3) is 0 Å². The number of hydrogen-bond acceptors (Lipinski definition) is 2. The molecule has 0 radical (unpaired) electrons. The predicted octanol–water partition coefficient (Wildman–Crippen LogP) is 3.63. The maximum Gasteiger partial charge on any atom is 0.260 e. The molecule has 3 nitrogen and oxygen atoms in total. The molecule has 0 bridgehead atoms. The minimum atomic E-state index is -0.0517. The maximum absolute atomic E-state index is 6.99. The van der Waals surface area contributed by atoms with Crippen molar-refractivity contribution in [1.82, 2.24) is 0 Å². The van der Waals surface area contributed by atoms with Gasteiger partial charge < -0.3 is 0 Å². The van der Waals surface area contributed by atoms with E-state index in [1.54, 1.807) is 0 Å². The number of quaternary nitrogens is 1. The lowest BCUT2D eigenvalue weighted by Crippen LogP contribution is -2.39. The third-order valence-electron chi connectivity index (χ3n) is 1.76. The monoisotopic (exact) mass is 230 g/mol. The number of hydrogen-bond donors (Lipinski definition) is 1. The summed E-state index contributed by atoms with van der Waals surface area (Å²) >= 11 is 16.8. The Labute approximate surface area is 87.0 Å². The van der Waals surface area contributed by atoms with E-state index in [1.807, 2.05) is 13.8 Å². The Balaban J connectivity index is 4.97. The molecular weight excluding hydrogens is 220 g/mol. The van der Waals surface area contributed by atoms with Crippen LogP contribution >= 0.6 is 34.8 Å². The Morgan fingerprint density at radius 2 is 1.67 bits per heavy atom. The molecule has 6 heteroatoms.